The van der Waals surface area contributed by atoms with Gasteiger partial charge in [0, 0.05) is 24.2 Å². The molecule has 1 aromatic heterocycles. The van der Waals surface area contributed by atoms with Crippen molar-refractivity contribution < 1.29 is 14.3 Å². The molecule has 0 saturated carbocycles. The van der Waals surface area contributed by atoms with Crippen LogP contribution >= 0.6 is 22.9 Å². The van der Waals surface area contributed by atoms with E-state index in [2.05, 4.69) is 9.88 Å². The lowest BCUT2D eigenvalue weighted by atomic mass is 10.1. The number of aromatic nitrogens is 1. The molecule has 8 heteroatoms. The van der Waals surface area contributed by atoms with Crippen LogP contribution in [0.15, 0.2) is 30.5 Å². The summed E-state index contributed by atoms with van der Waals surface area (Å²) in [6, 6.07) is 7.80. The monoisotopic (exact) mass is 411 g/mol. The molecular formula is C19H26ClN3O3S. The highest BCUT2D eigenvalue weighted by molar-refractivity contribution is 7.15. The highest BCUT2D eigenvalue weighted by Crippen LogP contribution is 2.25. The number of carbonyl (C=O) groups is 1. The van der Waals surface area contributed by atoms with Crippen molar-refractivity contribution in [3.8, 4) is 5.75 Å². The van der Waals surface area contributed by atoms with E-state index in [9.17, 15) is 4.79 Å². The Hall–Kier alpha value is -1.67. The second-order valence-corrected chi connectivity index (χ2v) is 8.89. The fraction of sp³-hybridized carbons (Fsp3) is 0.474. The lowest BCUT2D eigenvalue weighted by Gasteiger charge is -2.35. The van der Waals surface area contributed by atoms with E-state index in [4.69, 9.17) is 26.8 Å². The van der Waals surface area contributed by atoms with E-state index >= 15 is 0 Å². The molecule has 0 bridgehead atoms. The molecule has 1 aromatic carbocycles. The maximum Gasteiger partial charge on any atom is 0.221 e. The number of primary amides is 1. The number of hydrogen-bond acceptors (Lipinski definition) is 6. The molecule has 1 atom stereocenters. The molecule has 0 saturated heterocycles. The quantitative estimate of drug-likeness (QED) is 0.634. The van der Waals surface area contributed by atoms with Crippen LogP contribution in [0.25, 0.3) is 0 Å². The predicted octanol–water partition coefficient (Wildman–Crippen LogP) is 3.82. The molecule has 0 radical (unpaired) electrons. The average molecular weight is 412 g/mol. The van der Waals surface area contributed by atoms with Crippen molar-refractivity contribution in [2.24, 2.45) is 5.73 Å². The fourth-order valence-corrected chi connectivity index (χ4v) is 3.61. The van der Waals surface area contributed by atoms with Crippen LogP contribution in [-0.2, 0) is 22.6 Å². The van der Waals surface area contributed by atoms with Crippen LogP contribution in [-0.4, -0.2) is 34.7 Å². The summed E-state index contributed by atoms with van der Waals surface area (Å²) in [6.45, 7) is 6.99. The van der Waals surface area contributed by atoms with E-state index in [-0.39, 0.29) is 6.42 Å². The third-order valence-corrected chi connectivity index (χ3v) is 4.80. The topological polar surface area (TPSA) is 77.7 Å². The van der Waals surface area contributed by atoms with Crippen molar-refractivity contribution in [1.29, 1.82) is 0 Å². The van der Waals surface area contributed by atoms with Crippen LogP contribution in [0, 0.1) is 0 Å². The number of amides is 1. The smallest absolute Gasteiger partial charge is 0.221 e. The van der Waals surface area contributed by atoms with Gasteiger partial charge in [-0.25, -0.2) is 4.98 Å². The number of benzene rings is 1. The van der Waals surface area contributed by atoms with Gasteiger partial charge in [-0.1, -0.05) is 23.7 Å². The van der Waals surface area contributed by atoms with Gasteiger partial charge < -0.3 is 15.2 Å². The number of thiazole rings is 1. The van der Waals surface area contributed by atoms with Gasteiger partial charge in [0.2, 0.25) is 5.91 Å². The number of carbonyl (C=O) groups excluding carboxylic acids is 1. The number of rotatable bonds is 9. The van der Waals surface area contributed by atoms with Gasteiger partial charge in [0.05, 0.1) is 19.1 Å². The molecule has 1 unspecified atom stereocenters. The van der Waals surface area contributed by atoms with Crippen LogP contribution in [0.3, 0.4) is 0 Å². The Morgan fingerprint density at radius 1 is 1.30 bits per heavy atom. The Labute approximate surface area is 169 Å². The molecule has 0 aliphatic heterocycles. The number of halogens is 1. The number of nitrogens with zero attached hydrogens (tertiary/aromatic N) is 2. The Morgan fingerprint density at radius 3 is 2.44 bits per heavy atom. The minimum Gasteiger partial charge on any atom is -0.497 e. The summed E-state index contributed by atoms with van der Waals surface area (Å²) in [5.74, 6) is 0.380. The van der Waals surface area contributed by atoms with Gasteiger partial charge in [0.1, 0.15) is 12.0 Å². The molecule has 0 fully saturated rings. The van der Waals surface area contributed by atoms with Gasteiger partial charge >= 0.3 is 0 Å². The Morgan fingerprint density at radius 2 is 1.96 bits per heavy atom. The molecule has 148 valence electrons. The van der Waals surface area contributed by atoms with Gasteiger partial charge in [-0.05, 0) is 38.5 Å². The molecule has 2 N–H and O–H groups in total. The van der Waals surface area contributed by atoms with E-state index in [1.54, 1.807) is 13.3 Å². The van der Waals surface area contributed by atoms with Crippen molar-refractivity contribution >= 4 is 28.8 Å². The van der Waals surface area contributed by atoms with E-state index in [1.165, 1.54) is 11.3 Å². The van der Waals surface area contributed by atoms with Crippen molar-refractivity contribution in [3.05, 3.63) is 45.4 Å². The van der Waals surface area contributed by atoms with Crippen molar-refractivity contribution in [2.75, 3.05) is 7.11 Å². The van der Waals surface area contributed by atoms with Crippen LogP contribution in [0.5, 0.6) is 5.75 Å². The molecule has 2 aromatic rings. The predicted molar refractivity (Wildman–Crippen MR) is 108 cm³/mol. The molecule has 1 heterocycles. The standard InChI is InChI=1S/C19H26ClN3O3S/c1-19(2,3)26-17(9-16(21)24)23(12-15-10-22-18(20)27-15)11-13-5-7-14(25-4)8-6-13/h5-8,10,17H,9,11-12H2,1-4H3,(H2,21,24). The number of hydrogen-bond donors (Lipinski definition) is 1. The lowest BCUT2D eigenvalue weighted by molar-refractivity contribution is -0.151. The first-order valence-corrected chi connectivity index (χ1v) is 9.79. The summed E-state index contributed by atoms with van der Waals surface area (Å²) in [7, 11) is 1.63. The highest BCUT2D eigenvalue weighted by atomic mass is 35.5. The third kappa shape index (κ3) is 7.46. The van der Waals surface area contributed by atoms with Crippen LogP contribution in [0.4, 0.5) is 0 Å². The minimum atomic E-state index is -0.467. The molecule has 0 aliphatic carbocycles. The molecule has 27 heavy (non-hydrogen) atoms. The fourth-order valence-electron chi connectivity index (χ4n) is 2.61. The summed E-state index contributed by atoms with van der Waals surface area (Å²) in [5.41, 5.74) is 6.13. The number of methoxy groups -OCH3 is 1. The number of nitrogens with two attached hydrogens (primary N) is 1. The maximum absolute atomic E-state index is 11.7. The van der Waals surface area contributed by atoms with E-state index in [0.717, 1.165) is 16.2 Å². The van der Waals surface area contributed by atoms with E-state index in [1.807, 2.05) is 45.0 Å². The second-order valence-electron chi connectivity index (χ2n) is 7.19. The molecular weight excluding hydrogens is 386 g/mol. The minimum absolute atomic E-state index is 0.0972. The van der Waals surface area contributed by atoms with Crippen LogP contribution in [0.2, 0.25) is 4.47 Å². The Balaban J connectivity index is 2.27. The molecule has 0 aliphatic rings. The largest absolute Gasteiger partial charge is 0.497 e. The molecule has 2 rings (SSSR count). The molecule has 6 nitrogen and oxygen atoms in total. The summed E-state index contributed by atoms with van der Waals surface area (Å²) in [4.78, 5) is 18.8. The van der Waals surface area contributed by atoms with Gasteiger partial charge in [0.25, 0.3) is 0 Å². The maximum atomic E-state index is 11.7. The van der Waals surface area contributed by atoms with Crippen molar-refractivity contribution in [1.82, 2.24) is 9.88 Å². The molecule has 1 amide bonds. The normalized spacial score (nSPS) is 13.0. The SMILES string of the molecule is COc1ccc(CN(Cc2cnc(Cl)s2)C(CC(N)=O)OC(C)(C)C)cc1. The van der Waals surface area contributed by atoms with Crippen LogP contribution in [0.1, 0.15) is 37.6 Å². The third-order valence-electron chi connectivity index (χ3n) is 3.70. The highest BCUT2D eigenvalue weighted by Gasteiger charge is 2.27. The lowest BCUT2D eigenvalue weighted by Crippen LogP contribution is -2.43. The summed E-state index contributed by atoms with van der Waals surface area (Å²) >= 11 is 7.39. The van der Waals surface area contributed by atoms with Gasteiger partial charge in [-0.2, -0.15) is 0 Å². The van der Waals surface area contributed by atoms with E-state index in [0.29, 0.717) is 17.6 Å². The first-order chi connectivity index (χ1) is 12.7. The van der Waals surface area contributed by atoms with Gasteiger partial charge in [-0.15, -0.1) is 11.3 Å². The summed E-state index contributed by atoms with van der Waals surface area (Å²) in [6.07, 6.45) is 1.37. The zero-order valence-electron chi connectivity index (χ0n) is 16.1. The zero-order chi connectivity index (χ0) is 20.0. The Bertz CT molecular complexity index is 743. The summed E-state index contributed by atoms with van der Waals surface area (Å²) < 4.78 is 11.9. The van der Waals surface area contributed by atoms with Crippen molar-refractivity contribution in [2.45, 2.75) is 52.1 Å². The number of ether oxygens (including phenoxy) is 2. The second kappa shape index (κ2) is 9.50. The van der Waals surface area contributed by atoms with Crippen LogP contribution < -0.4 is 10.5 Å². The zero-order valence-corrected chi connectivity index (χ0v) is 17.6. The summed E-state index contributed by atoms with van der Waals surface area (Å²) in [5, 5.41) is 0. The molecule has 0 spiro atoms. The van der Waals surface area contributed by atoms with Gasteiger partial charge in [-0.3, -0.25) is 9.69 Å². The van der Waals surface area contributed by atoms with E-state index < -0.39 is 17.7 Å². The van der Waals surface area contributed by atoms with Gasteiger partial charge in [0.15, 0.2) is 4.47 Å². The first-order valence-electron chi connectivity index (χ1n) is 8.59. The average Bonchev–Trinajstić information content (AvgIpc) is 2.97. The Kier molecular flexibility index (Phi) is 7.61. The first kappa shape index (κ1) is 21.6. The van der Waals surface area contributed by atoms with Crippen molar-refractivity contribution in [3.63, 3.8) is 0 Å².